The van der Waals surface area contributed by atoms with Crippen molar-refractivity contribution in [2.24, 2.45) is 0 Å². The molecule has 1 aromatic heterocycles. The van der Waals surface area contributed by atoms with E-state index in [0.29, 0.717) is 47.5 Å². The Kier molecular flexibility index (Phi) is 7.79. The number of rotatable bonds is 6. The molecule has 0 spiro atoms. The van der Waals surface area contributed by atoms with Crippen LogP contribution in [0.4, 0.5) is 0 Å². The number of piperidine rings is 1. The Morgan fingerprint density at radius 1 is 0.829 bits per heavy atom. The number of amides is 2. The molecule has 2 aliphatic heterocycles. The van der Waals surface area contributed by atoms with Crippen molar-refractivity contribution in [1.29, 1.82) is 0 Å². The predicted octanol–water partition coefficient (Wildman–Crippen LogP) is 6.18. The van der Waals surface area contributed by atoms with Crippen molar-refractivity contribution in [3.05, 3.63) is 112 Å². The van der Waals surface area contributed by atoms with Crippen LogP contribution in [0, 0.1) is 0 Å². The molecule has 0 saturated carbocycles. The van der Waals surface area contributed by atoms with Gasteiger partial charge in [-0.15, -0.1) is 0 Å². The van der Waals surface area contributed by atoms with Crippen LogP contribution in [0.25, 0.3) is 5.69 Å². The van der Waals surface area contributed by atoms with Gasteiger partial charge in [0.2, 0.25) is 0 Å². The summed E-state index contributed by atoms with van der Waals surface area (Å²) in [4.78, 5) is 31.1. The summed E-state index contributed by atoms with van der Waals surface area (Å²) >= 11 is 6.17. The molecule has 0 N–H and O–H groups in total. The van der Waals surface area contributed by atoms with Crippen molar-refractivity contribution in [2.75, 3.05) is 33.3 Å². The average Bonchev–Trinajstić information content (AvgIpc) is 3.70. The van der Waals surface area contributed by atoms with Crippen LogP contribution in [0.5, 0.6) is 5.75 Å². The number of methoxy groups -OCH3 is 1. The molecule has 7 nitrogen and oxygen atoms in total. The SMILES string of the molecule is COc1cccc(C(=O)N2CCC(c3c(C(=O)N4CCC(c5ccccc5)C4)cnn3-c3ccc(Cl)cc3)CC2)c1. The minimum absolute atomic E-state index is 0.00567. The number of halogens is 1. The molecule has 0 radical (unpaired) electrons. The zero-order valence-corrected chi connectivity index (χ0v) is 23.8. The molecule has 4 aromatic rings. The third kappa shape index (κ3) is 5.59. The Morgan fingerprint density at radius 2 is 1.54 bits per heavy atom. The Hall–Kier alpha value is -4.10. The average molecular weight is 569 g/mol. The van der Waals surface area contributed by atoms with Crippen LogP contribution >= 0.6 is 11.6 Å². The number of likely N-dealkylation sites (tertiary alicyclic amines) is 2. The van der Waals surface area contributed by atoms with E-state index in [-0.39, 0.29) is 17.7 Å². The first-order valence-corrected chi connectivity index (χ1v) is 14.5. The summed E-state index contributed by atoms with van der Waals surface area (Å²) in [6.07, 6.45) is 4.14. The Balaban J connectivity index is 1.25. The van der Waals surface area contributed by atoms with Crippen molar-refractivity contribution in [1.82, 2.24) is 19.6 Å². The second kappa shape index (κ2) is 11.8. The summed E-state index contributed by atoms with van der Waals surface area (Å²) in [6, 6.07) is 25.2. The zero-order chi connectivity index (χ0) is 28.3. The number of aromatic nitrogens is 2. The van der Waals surface area contributed by atoms with Crippen molar-refractivity contribution in [3.63, 3.8) is 0 Å². The Morgan fingerprint density at radius 3 is 2.27 bits per heavy atom. The van der Waals surface area contributed by atoms with Crippen LogP contribution < -0.4 is 4.74 Å². The Labute approximate surface area is 245 Å². The lowest BCUT2D eigenvalue weighted by molar-refractivity contribution is 0.0706. The van der Waals surface area contributed by atoms with Crippen LogP contribution in [0.2, 0.25) is 5.02 Å². The van der Waals surface area contributed by atoms with Crippen LogP contribution in [-0.2, 0) is 0 Å². The number of ether oxygens (including phenoxy) is 1. The molecule has 41 heavy (non-hydrogen) atoms. The first-order chi connectivity index (χ1) is 20.0. The van der Waals surface area contributed by atoms with Crippen molar-refractivity contribution in [2.45, 2.75) is 31.1 Å². The van der Waals surface area contributed by atoms with E-state index in [4.69, 9.17) is 21.4 Å². The molecular formula is C33H33ClN4O3. The van der Waals surface area contributed by atoms with E-state index in [1.54, 1.807) is 19.4 Å². The molecule has 3 aromatic carbocycles. The van der Waals surface area contributed by atoms with Gasteiger partial charge in [0.25, 0.3) is 11.8 Å². The maximum atomic E-state index is 14.0. The van der Waals surface area contributed by atoms with Gasteiger partial charge in [-0.05, 0) is 67.3 Å². The molecule has 1 unspecified atom stereocenters. The fraction of sp³-hybridized carbons (Fsp3) is 0.303. The number of carbonyl (C=O) groups is 2. The Bertz CT molecular complexity index is 1530. The number of benzene rings is 3. The van der Waals surface area contributed by atoms with E-state index in [9.17, 15) is 9.59 Å². The summed E-state index contributed by atoms with van der Waals surface area (Å²) < 4.78 is 7.19. The van der Waals surface area contributed by atoms with Crippen LogP contribution in [0.3, 0.4) is 0 Å². The molecule has 210 valence electrons. The quantitative estimate of drug-likeness (QED) is 0.278. The van der Waals surface area contributed by atoms with E-state index in [2.05, 4.69) is 24.3 Å². The largest absolute Gasteiger partial charge is 0.497 e. The monoisotopic (exact) mass is 568 g/mol. The number of hydrogen-bond acceptors (Lipinski definition) is 4. The van der Waals surface area contributed by atoms with Crippen molar-refractivity contribution >= 4 is 23.4 Å². The summed E-state index contributed by atoms with van der Waals surface area (Å²) in [5.41, 5.74) is 4.31. The second-order valence-corrected chi connectivity index (χ2v) is 11.2. The fourth-order valence-electron chi connectivity index (χ4n) is 6.11. The maximum absolute atomic E-state index is 14.0. The van der Waals surface area contributed by atoms with E-state index in [1.165, 1.54) is 5.56 Å². The molecule has 2 amide bonds. The normalized spacial score (nSPS) is 17.6. The second-order valence-electron chi connectivity index (χ2n) is 10.8. The molecule has 1 atom stereocenters. The van der Waals surface area contributed by atoms with Gasteiger partial charge in [0.15, 0.2) is 0 Å². The van der Waals surface area contributed by atoms with Crippen LogP contribution in [0.15, 0.2) is 85.1 Å². The molecular weight excluding hydrogens is 536 g/mol. The van der Waals surface area contributed by atoms with E-state index >= 15 is 0 Å². The molecule has 0 aliphatic carbocycles. The lowest BCUT2D eigenvalue weighted by Gasteiger charge is -2.33. The lowest BCUT2D eigenvalue weighted by atomic mass is 9.90. The van der Waals surface area contributed by atoms with E-state index in [1.807, 2.05) is 63.0 Å². The van der Waals surface area contributed by atoms with Gasteiger partial charge in [0.05, 0.1) is 30.3 Å². The van der Waals surface area contributed by atoms with Gasteiger partial charge >= 0.3 is 0 Å². The fourth-order valence-corrected chi connectivity index (χ4v) is 6.24. The topological polar surface area (TPSA) is 67.7 Å². The summed E-state index contributed by atoms with van der Waals surface area (Å²) in [6.45, 7) is 2.61. The van der Waals surface area contributed by atoms with Crippen LogP contribution in [0.1, 0.15) is 63.1 Å². The number of hydrogen-bond donors (Lipinski definition) is 0. The molecule has 8 heteroatoms. The van der Waals surface area contributed by atoms with Gasteiger partial charge in [-0.3, -0.25) is 9.59 Å². The summed E-state index contributed by atoms with van der Waals surface area (Å²) in [5.74, 6) is 1.09. The molecule has 2 aliphatic rings. The minimum atomic E-state index is -0.00567. The molecule has 2 fully saturated rings. The van der Waals surface area contributed by atoms with Gasteiger partial charge < -0.3 is 14.5 Å². The van der Waals surface area contributed by atoms with Gasteiger partial charge in [0.1, 0.15) is 5.75 Å². The van der Waals surface area contributed by atoms with Crippen molar-refractivity contribution in [3.8, 4) is 11.4 Å². The maximum Gasteiger partial charge on any atom is 0.257 e. The van der Waals surface area contributed by atoms with Gasteiger partial charge in [-0.25, -0.2) is 4.68 Å². The summed E-state index contributed by atoms with van der Waals surface area (Å²) in [7, 11) is 1.60. The third-order valence-corrected chi connectivity index (χ3v) is 8.59. The summed E-state index contributed by atoms with van der Waals surface area (Å²) in [5, 5.41) is 5.36. The third-order valence-electron chi connectivity index (χ3n) is 8.34. The number of nitrogens with zero attached hydrogens (tertiary/aromatic N) is 4. The van der Waals surface area contributed by atoms with Gasteiger partial charge in [0, 0.05) is 48.6 Å². The zero-order valence-electron chi connectivity index (χ0n) is 23.1. The first kappa shape index (κ1) is 27.1. The van der Waals surface area contributed by atoms with Crippen molar-refractivity contribution < 1.29 is 14.3 Å². The lowest BCUT2D eigenvalue weighted by Crippen LogP contribution is -2.38. The highest BCUT2D eigenvalue weighted by atomic mass is 35.5. The standard InChI is InChI=1S/C33H33ClN4O3/c1-41-29-9-5-8-25(20-29)32(39)36-17-14-24(15-18-36)31-30(21-35-38(31)28-12-10-27(34)11-13-28)33(40)37-19-16-26(22-37)23-6-3-2-4-7-23/h2-13,20-21,24,26H,14-19,22H2,1H3. The van der Waals surface area contributed by atoms with Gasteiger partial charge in [-0.2, -0.15) is 5.10 Å². The highest BCUT2D eigenvalue weighted by molar-refractivity contribution is 6.30. The molecule has 0 bridgehead atoms. The van der Waals surface area contributed by atoms with E-state index in [0.717, 1.165) is 37.2 Å². The highest BCUT2D eigenvalue weighted by Crippen LogP contribution is 2.35. The highest BCUT2D eigenvalue weighted by Gasteiger charge is 2.34. The number of carbonyl (C=O) groups excluding carboxylic acids is 2. The molecule has 2 saturated heterocycles. The smallest absolute Gasteiger partial charge is 0.257 e. The van der Waals surface area contributed by atoms with E-state index < -0.39 is 0 Å². The molecule has 3 heterocycles. The van der Waals surface area contributed by atoms with Crippen LogP contribution in [-0.4, -0.2) is 64.7 Å². The minimum Gasteiger partial charge on any atom is -0.497 e. The predicted molar refractivity (Wildman–Crippen MR) is 159 cm³/mol. The molecule has 6 rings (SSSR count). The van der Waals surface area contributed by atoms with Gasteiger partial charge in [-0.1, -0.05) is 48.0 Å². The first-order valence-electron chi connectivity index (χ1n) is 14.1.